The van der Waals surface area contributed by atoms with Crippen LogP contribution in [0, 0.1) is 0 Å². The van der Waals surface area contributed by atoms with E-state index in [-0.39, 0.29) is 0 Å². The van der Waals surface area contributed by atoms with Gasteiger partial charge in [0.2, 0.25) is 0 Å². The van der Waals surface area contributed by atoms with Crippen LogP contribution in [0.2, 0.25) is 0 Å². The molecule has 12 aromatic rings. The molecule has 1 heteroatoms. The number of benzene rings is 12. The number of para-hydroxylation sites is 1. The molecule has 0 saturated heterocycles. The molecule has 294 valence electrons. The highest BCUT2D eigenvalue weighted by atomic mass is 15.1. The Hall–Kier alpha value is -8.26. The van der Waals surface area contributed by atoms with Gasteiger partial charge in [-0.15, -0.1) is 0 Å². The van der Waals surface area contributed by atoms with Crippen molar-refractivity contribution in [2.45, 2.75) is 0 Å². The molecule has 0 bridgehead atoms. The summed E-state index contributed by atoms with van der Waals surface area (Å²) in [5, 5.41) is 12.4. The maximum atomic E-state index is 2.46. The monoisotopic (exact) mass is 799 g/mol. The molecule has 0 radical (unpaired) electrons. The summed E-state index contributed by atoms with van der Waals surface area (Å²) in [7, 11) is 0. The van der Waals surface area contributed by atoms with Gasteiger partial charge >= 0.3 is 0 Å². The minimum atomic E-state index is 1.09. The molecule has 0 aromatic heterocycles. The summed E-state index contributed by atoms with van der Waals surface area (Å²) in [6, 6.07) is 91.2. The standard InChI is InChI=1S/C62H41N/c1-3-19-44(20-4-1)61-58-30-12-11-29-56(58)57-37-35-48(41-59(57)62(61)45-21-5-2-6-22-45)55-28-13-14-32-60(55)63(50-36-38-54-47(40-50)34-33-43-18-8-10-27-52(43)54)49-25-15-24-46(39-49)53-31-16-23-42-17-7-9-26-51(42)53/h1-41H. The van der Waals surface area contributed by atoms with E-state index in [0.29, 0.717) is 0 Å². The molecule has 0 unspecified atom stereocenters. The van der Waals surface area contributed by atoms with Crippen LogP contribution < -0.4 is 4.90 Å². The molecule has 12 aromatic carbocycles. The van der Waals surface area contributed by atoms with Gasteiger partial charge in [0, 0.05) is 16.9 Å². The van der Waals surface area contributed by atoms with Gasteiger partial charge in [0.1, 0.15) is 0 Å². The average molecular weight is 800 g/mol. The van der Waals surface area contributed by atoms with Gasteiger partial charge in [0.05, 0.1) is 5.69 Å². The summed E-state index contributed by atoms with van der Waals surface area (Å²) in [4.78, 5) is 2.46. The molecule has 0 aliphatic rings. The summed E-state index contributed by atoms with van der Waals surface area (Å²) in [5.41, 5.74) is 12.9. The van der Waals surface area contributed by atoms with Crippen molar-refractivity contribution in [1.82, 2.24) is 0 Å². The Balaban J connectivity index is 1.11. The third-order valence-electron chi connectivity index (χ3n) is 12.8. The van der Waals surface area contributed by atoms with E-state index in [1.165, 1.54) is 87.2 Å². The van der Waals surface area contributed by atoms with Crippen molar-refractivity contribution in [3.05, 3.63) is 249 Å². The van der Waals surface area contributed by atoms with E-state index in [2.05, 4.69) is 254 Å². The van der Waals surface area contributed by atoms with E-state index < -0.39 is 0 Å². The second-order valence-electron chi connectivity index (χ2n) is 16.4. The Labute approximate surface area is 367 Å². The minimum Gasteiger partial charge on any atom is -0.310 e. The molecular formula is C62H41N. The van der Waals surface area contributed by atoms with E-state index in [9.17, 15) is 0 Å². The van der Waals surface area contributed by atoms with E-state index in [4.69, 9.17) is 0 Å². The van der Waals surface area contributed by atoms with E-state index in [1.54, 1.807) is 0 Å². The molecular weight excluding hydrogens is 759 g/mol. The molecule has 0 atom stereocenters. The summed E-state index contributed by atoms with van der Waals surface area (Å²) in [5.74, 6) is 0. The fourth-order valence-corrected chi connectivity index (χ4v) is 9.94. The van der Waals surface area contributed by atoms with E-state index >= 15 is 0 Å². The fraction of sp³-hybridized carbons (Fsp3) is 0. The van der Waals surface area contributed by atoms with Crippen LogP contribution in [0.4, 0.5) is 17.1 Å². The van der Waals surface area contributed by atoms with Crippen molar-refractivity contribution < 1.29 is 0 Å². The van der Waals surface area contributed by atoms with Crippen LogP contribution in [0.15, 0.2) is 249 Å². The number of anilines is 3. The van der Waals surface area contributed by atoms with Crippen LogP contribution >= 0.6 is 0 Å². The van der Waals surface area contributed by atoms with Gasteiger partial charge in [-0.25, -0.2) is 0 Å². The van der Waals surface area contributed by atoms with Gasteiger partial charge in [0.15, 0.2) is 0 Å². The number of rotatable bonds is 7. The smallest absolute Gasteiger partial charge is 0.0540 e. The summed E-state index contributed by atoms with van der Waals surface area (Å²) < 4.78 is 0. The first-order chi connectivity index (χ1) is 31.3. The second kappa shape index (κ2) is 15.3. The Morgan fingerprint density at radius 2 is 0.714 bits per heavy atom. The SMILES string of the molecule is c1ccc(-c2c(-c3ccccc3)c3cc(-c4ccccc4N(c4cccc(-c5cccc6ccccc56)c4)c4ccc5c(ccc6ccccc65)c4)ccc3c3ccccc23)cc1. The molecule has 1 nitrogen and oxygen atoms in total. The first kappa shape index (κ1) is 36.6. The molecule has 12 rings (SSSR count). The molecule has 63 heavy (non-hydrogen) atoms. The largest absolute Gasteiger partial charge is 0.310 e. The van der Waals surface area contributed by atoms with Crippen molar-refractivity contribution in [1.29, 1.82) is 0 Å². The molecule has 0 N–H and O–H groups in total. The zero-order valence-corrected chi connectivity index (χ0v) is 34.6. The molecule has 0 fully saturated rings. The summed E-state index contributed by atoms with van der Waals surface area (Å²) >= 11 is 0. The van der Waals surface area contributed by atoms with Gasteiger partial charge in [-0.1, -0.05) is 212 Å². The van der Waals surface area contributed by atoms with Crippen molar-refractivity contribution in [2.75, 3.05) is 4.90 Å². The van der Waals surface area contributed by atoms with Gasteiger partial charge in [-0.3, -0.25) is 0 Å². The molecule has 0 amide bonds. The Morgan fingerprint density at radius 3 is 1.51 bits per heavy atom. The Kier molecular flexibility index (Phi) is 8.90. The molecule has 0 heterocycles. The van der Waals surface area contributed by atoms with Crippen molar-refractivity contribution in [3.8, 4) is 44.5 Å². The fourth-order valence-electron chi connectivity index (χ4n) is 9.94. The van der Waals surface area contributed by atoms with Crippen LogP contribution in [0.1, 0.15) is 0 Å². The maximum absolute atomic E-state index is 2.46. The Bertz CT molecular complexity index is 3670. The first-order valence-electron chi connectivity index (χ1n) is 21.8. The van der Waals surface area contributed by atoms with Gasteiger partial charge in [-0.05, 0) is 129 Å². The number of hydrogen-bond acceptors (Lipinski definition) is 1. The van der Waals surface area contributed by atoms with Crippen LogP contribution in [0.5, 0.6) is 0 Å². The molecule has 0 spiro atoms. The van der Waals surface area contributed by atoms with Crippen LogP contribution in [-0.4, -0.2) is 0 Å². The van der Waals surface area contributed by atoms with Gasteiger partial charge in [0.25, 0.3) is 0 Å². The topological polar surface area (TPSA) is 3.24 Å². The zero-order valence-electron chi connectivity index (χ0n) is 34.6. The third kappa shape index (κ3) is 6.33. The zero-order chi connectivity index (χ0) is 41.7. The molecule has 0 aliphatic carbocycles. The summed E-state index contributed by atoms with van der Waals surface area (Å²) in [6.45, 7) is 0. The molecule has 0 aliphatic heterocycles. The van der Waals surface area contributed by atoms with Crippen LogP contribution in [0.25, 0.3) is 98.4 Å². The summed E-state index contributed by atoms with van der Waals surface area (Å²) in [6.07, 6.45) is 0. The van der Waals surface area contributed by atoms with Crippen molar-refractivity contribution in [3.63, 3.8) is 0 Å². The van der Waals surface area contributed by atoms with Gasteiger partial charge in [-0.2, -0.15) is 0 Å². The number of fused-ring (bicyclic) bond motifs is 7. The maximum Gasteiger partial charge on any atom is 0.0540 e. The highest BCUT2D eigenvalue weighted by Crippen LogP contribution is 2.48. The first-order valence-corrected chi connectivity index (χ1v) is 21.8. The lowest BCUT2D eigenvalue weighted by Gasteiger charge is -2.29. The van der Waals surface area contributed by atoms with E-state index in [1.807, 2.05) is 0 Å². The average Bonchev–Trinajstić information content (AvgIpc) is 3.36. The lowest BCUT2D eigenvalue weighted by atomic mass is 9.84. The van der Waals surface area contributed by atoms with Crippen LogP contribution in [0.3, 0.4) is 0 Å². The third-order valence-corrected chi connectivity index (χ3v) is 12.8. The minimum absolute atomic E-state index is 1.09. The molecule has 0 saturated carbocycles. The lowest BCUT2D eigenvalue weighted by molar-refractivity contribution is 1.29. The van der Waals surface area contributed by atoms with Crippen molar-refractivity contribution >= 4 is 70.9 Å². The Morgan fingerprint density at radius 1 is 0.222 bits per heavy atom. The quantitative estimate of drug-likeness (QED) is 0.145. The number of nitrogens with zero attached hydrogens (tertiary/aromatic N) is 1. The van der Waals surface area contributed by atoms with Crippen molar-refractivity contribution in [2.24, 2.45) is 0 Å². The lowest BCUT2D eigenvalue weighted by Crippen LogP contribution is -2.11. The number of hydrogen-bond donors (Lipinski definition) is 0. The highest BCUT2D eigenvalue weighted by molar-refractivity contribution is 6.22. The predicted octanol–water partition coefficient (Wildman–Crippen LogP) is 17.6. The predicted molar refractivity (Wildman–Crippen MR) is 270 cm³/mol. The highest BCUT2D eigenvalue weighted by Gasteiger charge is 2.22. The van der Waals surface area contributed by atoms with E-state index in [0.717, 1.165) is 28.2 Å². The van der Waals surface area contributed by atoms with Gasteiger partial charge < -0.3 is 4.90 Å². The second-order valence-corrected chi connectivity index (χ2v) is 16.4. The van der Waals surface area contributed by atoms with Crippen LogP contribution in [-0.2, 0) is 0 Å². The normalized spacial score (nSPS) is 11.5.